The van der Waals surface area contributed by atoms with Crippen LogP contribution in [0.25, 0.3) is 10.9 Å². The van der Waals surface area contributed by atoms with Gasteiger partial charge in [-0.3, -0.25) is 4.98 Å². The molecule has 0 fully saturated rings. The number of rotatable bonds is 3. The second-order valence-electron chi connectivity index (χ2n) is 3.83. The lowest BCUT2D eigenvalue weighted by Gasteiger charge is -2.18. The van der Waals surface area contributed by atoms with Crippen molar-refractivity contribution in [3.8, 4) is 0 Å². The number of hydrogen-bond acceptors (Lipinski definition) is 4. The van der Waals surface area contributed by atoms with Crippen LogP contribution in [0, 0.1) is 0 Å². The molecule has 1 aromatic carbocycles. The molecule has 4 nitrogen and oxygen atoms in total. The number of nitrogens with zero attached hydrogens (tertiary/aromatic N) is 1. The van der Waals surface area contributed by atoms with Gasteiger partial charge in [-0.05, 0) is 12.1 Å². The van der Waals surface area contributed by atoms with Crippen LogP contribution in [-0.2, 0) is 0 Å². The zero-order valence-electron chi connectivity index (χ0n) is 9.05. The molecule has 17 heavy (non-hydrogen) atoms. The summed E-state index contributed by atoms with van der Waals surface area (Å²) in [5, 5.41) is 19.9. The standard InChI is InChI=1S/C12H13BrN2O2/c13-9-4-3-8(12(17)10(14)6-16)11-7(9)2-1-5-15-11/h1-5,10,12,16-17H,6,14H2. The summed E-state index contributed by atoms with van der Waals surface area (Å²) in [5.41, 5.74) is 6.96. The van der Waals surface area contributed by atoms with Gasteiger partial charge in [0.15, 0.2) is 0 Å². The molecule has 0 saturated carbocycles. The van der Waals surface area contributed by atoms with Gasteiger partial charge >= 0.3 is 0 Å². The predicted molar refractivity (Wildman–Crippen MR) is 69.5 cm³/mol. The van der Waals surface area contributed by atoms with Crippen molar-refractivity contribution in [2.75, 3.05) is 6.61 Å². The molecule has 0 spiro atoms. The third kappa shape index (κ3) is 2.32. The van der Waals surface area contributed by atoms with Gasteiger partial charge in [0.2, 0.25) is 0 Å². The Morgan fingerprint density at radius 1 is 1.35 bits per heavy atom. The van der Waals surface area contributed by atoms with E-state index in [0.29, 0.717) is 11.1 Å². The minimum absolute atomic E-state index is 0.272. The van der Waals surface area contributed by atoms with Crippen molar-refractivity contribution < 1.29 is 10.2 Å². The van der Waals surface area contributed by atoms with Crippen LogP contribution in [0.5, 0.6) is 0 Å². The average molecular weight is 297 g/mol. The molecule has 2 rings (SSSR count). The molecule has 5 heteroatoms. The SMILES string of the molecule is NC(CO)C(O)c1ccc(Br)c2cccnc12. The molecular weight excluding hydrogens is 284 g/mol. The molecule has 1 heterocycles. The Morgan fingerprint density at radius 3 is 2.82 bits per heavy atom. The highest BCUT2D eigenvalue weighted by Gasteiger charge is 2.19. The fraction of sp³-hybridized carbons (Fsp3) is 0.250. The van der Waals surface area contributed by atoms with Crippen LogP contribution >= 0.6 is 15.9 Å². The molecule has 0 aliphatic carbocycles. The summed E-state index contributed by atoms with van der Waals surface area (Å²) in [6.07, 6.45) is 0.737. The maximum Gasteiger partial charge on any atom is 0.0984 e. The van der Waals surface area contributed by atoms with E-state index in [1.54, 1.807) is 12.3 Å². The van der Waals surface area contributed by atoms with Crippen molar-refractivity contribution in [1.82, 2.24) is 4.98 Å². The molecule has 90 valence electrons. The van der Waals surface area contributed by atoms with Crippen molar-refractivity contribution in [2.24, 2.45) is 5.73 Å². The number of pyridine rings is 1. The second-order valence-corrected chi connectivity index (χ2v) is 4.68. The van der Waals surface area contributed by atoms with Gasteiger partial charge in [-0.2, -0.15) is 0 Å². The van der Waals surface area contributed by atoms with Crippen LogP contribution in [0.4, 0.5) is 0 Å². The van der Waals surface area contributed by atoms with E-state index >= 15 is 0 Å². The smallest absolute Gasteiger partial charge is 0.0984 e. The quantitative estimate of drug-likeness (QED) is 0.799. The Labute approximate surface area is 107 Å². The molecule has 1 aromatic heterocycles. The van der Waals surface area contributed by atoms with Crippen molar-refractivity contribution >= 4 is 26.8 Å². The fourth-order valence-electron chi connectivity index (χ4n) is 1.73. The molecule has 0 radical (unpaired) electrons. The van der Waals surface area contributed by atoms with E-state index in [4.69, 9.17) is 10.8 Å². The van der Waals surface area contributed by atoms with E-state index in [1.807, 2.05) is 18.2 Å². The summed E-state index contributed by atoms with van der Waals surface area (Å²) in [6.45, 7) is -0.272. The first-order valence-corrected chi connectivity index (χ1v) is 6.02. The molecule has 0 saturated heterocycles. The highest BCUT2D eigenvalue weighted by molar-refractivity contribution is 9.10. The number of aromatic nitrogens is 1. The van der Waals surface area contributed by atoms with E-state index in [-0.39, 0.29) is 6.61 Å². The third-order valence-electron chi connectivity index (χ3n) is 2.68. The normalized spacial score (nSPS) is 14.8. The van der Waals surface area contributed by atoms with Crippen LogP contribution in [0.1, 0.15) is 11.7 Å². The highest BCUT2D eigenvalue weighted by Crippen LogP contribution is 2.29. The molecule has 0 amide bonds. The Hall–Kier alpha value is -1.01. The van der Waals surface area contributed by atoms with E-state index in [0.717, 1.165) is 9.86 Å². The lowest BCUT2D eigenvalue weighted by atomic mass is 10.0. The molecule has 0 bridgehead atoms. The molecule has 2 atom stereocenters. The van der Waals surface area contributed by atoms with E-state index < -0.39 is 12.1 Å². The van der Waals surface area contributed by atoms with Crippen LogP contribution < -0.4 is 5.73 Å². The van der Waals surface area contributed by atoms with Crippen LogP contribution in [0.3, 0.4) is 0 Å². The summed E-state index contributed by atoms with van der Waals surface area (Å²) in [4.78, 5) is 4.25. The molecule has 4 N–H and O–H groups in total. The van der Waals surface area contributed by atoms with Crippen molar-refractivity contribution in [3.05, 3.63) is 40.5 Å². The zero-order valence-corrected chi connectivity index (χ0v) is 10.6. The Bertz CT molecular complexity index is 533. The molecule has 0 aliphatic heterocycles. The molecular formula is C12H13BrN2O2. The Balaban J connectivity index is 2.59. The van der Waals surface area contributed by atoms with Crippen LogP contribution in [0.15, 0.2) is 34.9 Å². The molecule has 2 aromatic rings. The van der Waals surface area contributed by atoms with Gasteiger partial charge in [-0.1, -0.05) is 28.1 Å². The second kappa shape index (κ2) is 5.10. The van der Waals surface area contributed by atoms with Crippen molar-refractivity contribution in [3.63, 3.8) is 0 Å². The number of aliphatic hydroxyl groups excluding tert-OH is 2. The number of aliphatic hydroxyl groups is 2. The van der Waals surface area contributed by atoms with Crippen LogP contribution in [-0.4, -0.2) is 27.8 Å². The first-order valence-electron chi connectivity index (χ1n) is 5.22. The van der Waals surface area contributed by atoms with Gasteiger partial charge < -0.3 is 15.9 Å². The fourth-order valence-corrected chi connectivity index (χ4v) is 2.18. The largest absolute Gasteiger partial charge is 0.395 e. The zero-order chi connectivity index (χ0) is 12.4. The van der Waals surface area contributed by atoms with E-state index in [2.05, 4.69) is 20.9 Å². The maximum absolute atomic E-state index is 10.0. The van der Waals surface area contributed by atoms with Crippen LogP contribution in [0.2, 0.25) is 0 Å². The minimum atomic E-state index is -0.925. The first-order chi connectivity index (χ1) is 8.15. The minimum Gasteiger partial charge on any atom is -0.395 e. The van der Waals surface area contributed by atoms with Gasteiger partial charge in [-0.25, -0.2) is 0 Å². The number of fused-ring (bicyclic) bond motifs is 1. The number of nitrogens with two attached hydrogens (primary N) is 1. The number of halogens is 1. The van der Waals surface area contributed by atoms with E-state index in [1.165, 1.54) is 0 Å². The van der Waals surface area contributed by atoms with Crippen molar-refractivity contribution in [2.45, 2.75) is 12.1 Å². The van der Waals surface area contributed by atoms with Gasteiger partial charge in [0.25, 0.3) is 0 Å². The summed E-state index contributed by atoms with van der Waals surface area (Å²) in [5.74, 6) is 0. The number of benzene rings is 1. The van der Waals surface area contributed by atoms with Gasteiger partial charge in [-0.15, -0.1) is 0 Å². The highest BCUT2D eigenvalue weighted by atomic mass is 79.9. The monoisotopic (exact) mass is 296 g/mol. The lowest BCUT2D eigenvalue weighted by Crippen LogP contribution is -2.32. The Kier molecular flexibility index (Phi) is 3.73. The predicted octanol–water partition coefficient (Wildman–Crippen LogP) is 1.35. The summed E-state index contributed by atoms with van der Waals surface area (Å²) in [6, 6.07) is 6.63. The lowest BCUT2D eigenvalue weighted by molar-refractivity contribution is 0.110. The summed E-state index contributed by atoms with van der Waals surface area (Å²) < 4.78 is 0.911. The topological polar surface area (TPSA) is 79.4 Å². The molecule has 0 aliphatic rings. The first kappa shape index (κ1) is 12.4. The Morgan fingerprint density at radius 2 is 2.12 bits per heavy atom. The summed E-state index contributed by atoms with van der Waals surface area (Å²) in [7, 11) is 0. The summed E-state index contributed by atoms with van der Waals surface area (Å²) >= 11 is 3.43. The third-order valence-corrected chi connectivity index (χ3v) is 3.37. The van der Waals surface area contributed by atoms with E-state index in [9.17, 15) is 5.11 Å². The van der Waals surface area contributed by atoms with Gasteiger partial charge in [0, 0.05) is 21.6 Å². The number of hydrogen-bond donors (Lipinski definition) is 3. The van der Waals surface area contributed by atoms with Gasteiger partial charge in [0.05, 0.1) is 24.3 Å². The average Bonchev–Trinajstić information content (AvgIpc) is 2.38. The maximum atomic E-state index is 10.0. The molecule has 2 unspecified atom stereocenters. The van der Waals surface area contributed by atoms with Gasteiger partial charge in [0.1, 0.15) is 0 Å². The van der Waals surface area contributed by atoms with Crippen molar-refractivity contribution in [1.29, 1.82) is 0 Å².